The molecule has 21 heavy (non-hydrogen) atoms. The molecule has 2 N–H and O–H groups in total. The third-order valence-corrected chi connectivity index (χ3v) is 3.34. The number of hydrogen-bond donors (Lipinski definition) is 2. The highest BCUT2D eigenvalue weighted by atomic mass is 35.5. The van der Waals surface area contributed by atoms with Crippen molar-refractivity contribution in [3.8, 4) is 0 Å². The molecule has 0 aliphatic heterocycles. The first kappa shape index (κ1) is 18.0. The lowest BCUT2D eigenvalue weighted by molar-refractivity contribution is -0.120. The molecule has 0 aliphatic carbocycles. The zero-order valence-electron chi connectivity index (χ0n) is 13.0. The Kier molecular flexibility index (Phi) is 7.72. The van der Waals surface area contributed by atoms with Crippen molar-refractivity contribution in [2.75, 3.05) is 33.4 Å². The van der Waals surface area contributed by atoms with Gasteiger partial charge in [0.25, 0.3) is 0 Å². The Bertz CT molecular complexity index is 450. The van der Waals surface area contributed by atoms with Crippen LogP contribution in [-0.4, -0.2) is 39.3 Å². The molecule has 4 nitrogen and oxygen atoms in total. The lowest BCUT2D eigenvalue weighted by Crippen LogP contribution is -2.40. The Balaban J connectivity index is 2.33. The maximum atomic E-state index is 11.7. The minimum atomic E-state index is -0.0210. The van der Waals surface area contributed by atoms with Crippen LogP contribution in [0.4, 0.5) is 0 Å². The van der Waals surface area contributed by atoms with Crippen LogP contribution >= 0.6 is 11.6 Å². The second-order valence-electron chi connectivity index (χ2n) is 5.92. The van der Waals surface area contributed by atoms with Gasteiger partial charge in [-0.15, -0.1) is 0 Å². The largest absolute Gasteiger partial charge is 0.383 e. The summed E-state index contributed by atoms with van der Waals surface area (Å²) in [5.74, 6) is 0.00488. The van der Waals surface area contributed by atoms with Gasteiger partial charge in [-0.1, -0.05) is 37.6 Å². The molecule has 5 heteroatoms. The molecule has 0 fully saturated rings. The van der Waals surface area contributed by atoms with Crippen LogP contribution in [0.3, 0.4) is 0 Å². The molecule has 1 amide bonds. The maximum absolute atomic E-state index is 11.7. The Labute approximate surface area is 132 Å². The molecule has 1 aromatic rings. The van der Waals surface area contributed by atoms with Crippen LogP contribution in [0, 0.1) is 5.41 Å². The van der Waals surface area contributed by atoms with Gasteiger partial charge in [-0.2, -0.15) is 0 Å². The predicted octanol–water partition coefficient (Wildman–Crippen LogP) is 2.26. The molecule has 0 bridgehead atoms. The van der Waals surface area contributed by atoms with Gasteiger partial charge in [0.15, 0.2) is 0 Å². The van der Waals surface area contributed by atoms with E-state index in [1.165, 1.54) is 5.56 Å². The normalized spacial score (nSPS) is 11.4. The molecule has 1 aromatic carbocycles. The van der Waals surface area contributed by atoms with E-state index >= 15 is 0 Å². The molecule has 0 atom stereocenters. The number of halogens is 1. The molecule has 0 radical (unpaired) electrons. The Morgan fingerprint density at radius 2 is 2.14 bits per heavy atom. The lowest BCUT2D eigenvalue weighted by Gasteiger charge is -2.25. The number of carbonyl (C=O) groups excluding carboxylic acids is 1. The summed E-state index contributed by atoms with van der Waals surface area (Å²) in [5, 5.41) is 6.73. The Morgan fingerprint density at radius 3 is 2.81 bits per heavy atom. The summed E-state index contributed by atoms with van der Waals surface area (Å²) >= 11 is 6.00. The van der Waals surface area contributed by atoms with Crippen molar-refractivity contribution in [2.45, 2.75) is 20.3 Å². The van der Waals surface area contributed by atoms with Crippen molar-refractivity contribution in [1.29, 1.82) is 0 Å². The molecule has 0 heterocycles. The molecule has 0 saturated heterocycles. The predicted molar refractivity (Wildman–Crippen MR) is 86.7 cm³/mol. The second-order valence-corrected chi connectivity index (χ2v) is 6.35. The van der Waals surface area contributed by atoms with Crippen LogP contribution in [0.1, 0.15) is 19.4 Å². The van der Waals surface area contributed by atoms with Crippen molar-refractivity contribution in [3.05, 3.63) is 34.9 Å². The van der Waals surface area contributed by atoms with Crippen LogP contribution in [0.25, 0.3) is 0 Å². The van der Waals surface area contributed by atoms with Crippen molar-refractivity contribution >= 4 is 17.5 Å². The first-order valence-corrected chi connectivity index (χ1v) is 7.51. The van der Waals surface area contributed by atoms with Gasteiger partial charge >= 0.3 is 0 Å². The van der Waals surface area contributed by atoms with Crippen LogP contribution < -0.4 is 10.6 Å². The summed E-state index contributed by atoms with van der Waals surface area (Å²) in [6, 6.07) is 7.84. The summed E-state index contributed by atoms with van der Waals surface area (Å²) in [6.45, 7) is 6.49. The topological polar surface area (TPSA) is 50.4 Å². The summed E-state index contributed by atoms with van der Waals surface area (Å²) in [4.78, 5) is 11.7. The molecule has 118 valence electrons. The van der Waals surface area contributed by atoms with E-state index in [1.54, 1.807) is 7.11 Å². The fourth-order valence-electron chi connectivity index (χ4n) is 2.04. The molecule has 0 aliphatic rings. The summed E-state index contributed by atoms with van der Waals surface area (Å²) < 4.78 is 4.91. The minimum absolute atomic E-state index is 0.00488. The van der Waals surface area contributed by atoms with Gasteiger partial charge < -0.3 is 15.4 Å². The molecule has 1 rings (SSSR count). The van der Waals surface area contributed by atoms with E-state index in [9.17, 15) is 4.79 Å². The van der Waals surface area contributed by atoms with E-state index in [1.807, 2.05) is 18.2 Å². The lowest BCUT2D eigenvalue weighted by atomic mass is 9.85. The monoisotopic (exact) mass is 312 g/mol. The molecule has 0 unspecified atom stereocenters. The Morgan fingerprint density at radius 1 is 1.38 bits per heavy atom. The zero-order chi connectivity index (χ0) is 15.7. The molecule has 0 spiro atoms. The van der Waals surface area contributed by atoms with Crippen molar-refractivity contribution < 1.29 is 9.53 Å². The minimum Gasteiger partial charge on any atom is -0.383 e. The van der Waals surface area contributed by atoms with E-state index < -0.39 is 0 Å². The average molecular weight is 313 g/mol. The van der Waals surface area contributed by atoms with Crippen molar-refractivity contribution in [1.82, 2.24) is 10.6 Å². The number of nitrogens with one attached hydrogen (secondary N) is 2. The molecular weight excluding hydrogens is 288 g/mol. The third kappa shape index (κ3) is 8.05. The van der Waals surface area contributed by atoms with E-state index in [4.69, 9.17) is 16.3 Å². The number of benzene rings is 1. The third-order valence-electron chi connectivity index (χ3n) is 3.10. The average Bonchev–Trinajstić information content (AvgIpc) is 2.41. The van der Waals surface area contributed by atoms with Crippen LogP contribution in [0.15, 0.2) is 24.3 Å². The standard InChI is InChI=1S/C16H25ClN2O2/c1-16(2,10-13-5-4-6-14(17)9-13)12-19-15(20)11-18-7-8-21-3/h4-6,9,18H,7-8,10-12H2,1-3H3,(H,19,20). The molecular formula is C16H25ClN2O2. The number of amides is 1. The first-order valence-electron chi connectivity index (χ1n) is 7.14. The SMILES string of the molecule is COCCNCC(=O)NCC(C)(C)Cc1cccc(Cl)c1. The zero-order valence-corrected chi connectivity index (χ0v) is 13.8. The van der Waals surface area contributed by atoms with Gasteiger partial charge in [0.1, 0.15) is 0 Å². The van der Waals surface area contributed by atoms with E-state index in [2.05, 4.69) is 30.5 Å². The van der Waals surface area contributed by atoms with Crippen LogP contribution in [0.5, 0.6) is 0 Å². The highest BCUT2D eigenvalue weighted by molar-refractivity contribution is 6.30. The quantitative estimate of drug-likeness (QED) is 0.688. The Hall–Kier alpha value is -1.10. The fourth-order valence-corrected chi connectivity index (χ4v) is 2.25. The number of hydrogen-bond acceptors (Lipinski definition) is 3. The summed E-state index contributed by atoms with van der Waals surface area (Å²) in [6.07, 6.45) is 0.866. The number of ether oxygens (including phenoxy) is 1. The van der Waals surface area contributed by atoms with E-state index in [0.717, 1.165) is 11.4 Å². The molecule has 0 saturated carbocycles. The summed E-state index contributed by atoms with van der Waals surface area (Å²) in [7, 11) is 1.64. The van der Waals surface area contributed by atoms with Crippen LogP contribution in [0.2, 0.25) is 5.02 Å². The first-order chi connectivity index (χ1) is 9.93. The smallest absolute Gasteiger partial charge is 0.233 e. The summed E-state index contributed by atoms with van der Waals surface area (Å²) in [5.41, 5.74) is 1.16. The van der Waals surface area contributed by atoms with Gasteiger partial charge in [0, 0.05) is 25.2 Å². The van der Waals surface area contributed by atoms with Crippen LogP contribution in [-0.2, 0) is 16.0 Å². The van der Waals surface area contributed by atoms with Gasteiger partial charge in [-0.25, -0.2) is 0 Å². The van der Waals surface area contributed by atoms with Crippen molar-refractivity contribution in [2.24, 2.45) is 5.41 Å². The van der Waals surface area contributed by atoms with Gasteiger partial charge in [0.2, 0.25) is 5.91 Å². The van der Waals surface area contributed by atoms with Gasteiger partial charge in [0.05, 0.1) is 13.2 Å². The highest BCUT2D eigenvalue weighted by Crippen LogP contribution is 2.22. The van der Waals surface area contributed by atoms with E-state index in [-0.39, 0.29) is 11.3 Å². The number of carbonyl (C=O) groups is 1. The number of methoxy groups -OCH3 is 1. The highest BCUT2D eigenvalue weighted by Gasteiger charge is 2.19. The van der Waals surface area contributed by atoms with E-state index in [0.29, 0.717) is 26.2 Å². The molecule has 0 aromatic heterocycles. The maximum Gasteiger partial charge on any atom is 0.233 e. The fraction of sp³-hybridized carbons (Fsp3) is 0.562. The van der Waals surface area contributed by atoms with Gasteiger partial charge in [-0.3, -0.25) is 4.79 Å². The number of rotatable bonds is 9. The van der Waals surface area contributed by atoms with Crippen molar-refractivity contribution in [3.63, 3.8) is 0 Å². The second kappa shape index (κ2) is 9.03. The van der Waals surface area contributed by atoms with Gasteiger partial charge in [-0.05, 0) is 29.5 Å².